The molecule has 3 nitrogen and oxygen atoms in total. The number of carbonyl (C=O) groups excluding carboxylic acids is 1. The van der Waals surface area contributed by atoms with Crippen LogP contribution in [0.1, 0.15) is 20.3 Å². The van der Waals surface area contributed by atoms with Crippen LogP contribution in [0.15, 0.2) is 5.10 Å². The lowest BCUT2D eigenvalue weighted by atomic mass is 10.0. The van der Waals surface area contributed by atoms with Crippen molar-refractivity contribution in [1.82, 2.24) is 5.43 Å². The van der Waals surface area contributed by atoms with E-state index < -0.39 is 4.32 Å². The first-order chi connectivity index (χ1) is 4.61. The third-order valence-electron chi connectivity index (χ3n) is 1.75. The van der Waals surface area contributed by atoms with Crippen molar-refractivity contribution < 1.29 is 4.79 Å². The quantitative estimate of drug-likeness (QED) is 0.638. The van der Waals surface area contributed by atoms with E-state index in [1.165, 1.54) is 0 Å². The Labute approximate surface area is 68.0 Å². The Morgan fingerprint density at radius 1 is 1.80 bits per heavy atom. The summed E-state index contributed by atoms with van der Waals surface area (Å²) in [7, 11) is 0. The number of nitrogens with zero attached hydrogens (tertiary/aromatic N) is 1. The van der Waals surface area contributed by atoms with Crippen LogP contribution in [0.4, 0.5) is 0 Å². The van der Waals surface area contributed by atoms with Crippen LogP contribution in [0.25, 0.3) is 0 Å². The van der Waals surface area contributed by atoms with E-state index in [-0.39, 0.29) is 5.91 Å². The lowest BCUT2D eigenvalue weighted by molar-refractivity contribution is -0.120. The number of halogens is 1. The Balaban J connectivity index is 2.92. The van der Waals surface area contributed by atoms with E-state index in [9.17, 15) is 4.79 Å². The van der Waals surface area contributed by atoms with Gasteiger partial charge in [-0.25, -0.2) is 5.43 Å². The van der Waals surface area contributed by atoms with Crippen molar-refractivity contribution in [2.24, 2.45) is 5.10 Å². The first-order valence-corrected chi connectivity index (χ1v) is 3.94. The second-order valence-corrected chi connectivity index (χ2v) is 3.65. The molecule has 0 unspecified atom stereocenters. The van der Waals surface area contributed by atoms with E-state index in [0.717, 1.165) is 12.1 Å². The Hall–Kier alpha value is -0.380. The normalized spacial score (nSPS) is 31.9. The highest BCUT2D eigenvalue weighted by atomic mass is 79.9. The number of hydrogen-bond acceptors (Lipinski definition) is 2. The minimum absolute atomic E-state index is 0.0625. The van der Waals surface area contributed by atoms with Gasteiger partial charge in [-0.2, -0.15) is 5.10 Å². The number of nitrogens with one attached hydrogen (secondary N) is 1. The average Bonchev–Trinajstić information content (AvgIpc) is 2.18. The van der Waals surface area contributed by atoms with Gasteiger partial charge in [0.05, 0.1) is 5.71 Å². The molecule has 0 fully saturated rings. The summed E-state index contributed by atoms with van der Waals surface area (Å²) in [5.74, 6) is -0.0625. The topological polar surface area (TPSA) is 41.5 Å². The number of rotatable bonds is 1. The molecule has 4 heteroatoms. The van der Waals surface area contributed by atoms with Gasteiger partial charge in [0.15, 0.2) is 0 Å². The maximum atomic E-state index is 11.1. The molecule has 1 N–H and O–H groups in total. The highest BCUT2D eigenvalue weighted by Gasteiger charge is 2.40. The molecule has 10 heavy (non-hydrogen) atoms. The molecule has 0 saturated heterocycles. The second-order valence-electron chi connectivity index (χ2n) is 2.29. The van der Waals surface area contributed by atoms with Gasteiger partial charge in [0.25, 0.3) is 5.91 Å². The van der Waals surface area contributed by atoms with Crippen molar-refractivity contribution in [1.29, 1.82) is 0 Å². The maximum Gasteiger partial charge on any atom is 0.262 e. The molecule has 0 bridgehead atoms. The van der Waals surface area contributed by atoms with E-state index in [1.807, 2.05) is 13.8 Å². The van der Waals surface area contributed by atoms with Gasteiger partial charge in [0, 0.05) is 0 Å². The van der Waals surface area contributed by atoms with Gasteiger partial charge < -0.3 is 0 Å². The smallest absolute Gasteiger partial charge is 0.262 e. The molecule has 0 aliphatic carbocycles. The summed E-state index contributed by atoms with van der Waals surface area (Å²) < 4.78 is -0.535. The van der Waals surface area contributed by atoms with Gasteiger partial charge in [-0.1, -0.05) is 22.9 Å². The van der Waals surface area contributed by atoms with Gasteiger partial charge in [0.2, 0.25) is 0 Å². The molecule has 1 heterocycles. The van der Waals surface area contributed by atoms with Crippen molar-refractivity contribution in [2.45, 2.75) is 24.6 Å². The molecule has 0 aromatic rings. The number of amides is 1. The van der Waals surface area contributed by atoms with Crippen LogP contribution in [-0.2, 0) is 4.79 Å². The molecule has 1 rings (SSSR count). The van der Waals surface area contributed by atoms with Crippen LogP contribution in [0.2, 0.25) is 0 Å². The summed E-state index contributed by atoms with van der Waals surface area (Å²) in [4.78, 5) is 11.1. The highest BCUT2D eigenvalue weighted by Crippen LogP contribution is 2.27. The fourth-order valence-corrected chi connectivity index (χ4v) is 1.07. The Morgan fingerprint density at radius 2 is 2.40 bits per heavy atom. The monoisotopic (exact) mass is 204 g/mol. The molecule has 0 spiro atoms. The summed E-state index contributed by atoms with van der Waals surface area (Å²) in [5.41, 5.74) is 3.22. The Kier molecular flexibility index (Phi) is 1.81. The molecule has 1 aliphatic rings. The van der Waals surface area contributed by atoms with E-state index >= 15 is 0 Å². The van der Waals surface area contributed by atoms with E-state index in [2.05, 4.69) is 26.5 Å². The Morgan fingerprint density at radius 3 is 2.60 bits per heavy atom. The number of carbonyl (C=O) groups is 1. The van der Waals surface area contributed by atoms with Crippen molar-refractivity contribution in [2.75, 3.05) is 0 Å². The third-order valence-corrected chi connectivity index (χ3v) is 3.24. The molecule has 0 aromatic carbocycles. The van der Waals surface area contributed by atoms with Crippen LogP contribution < -0.4 is 5.43 Å². The van der Waals surface area contributed by atoms with Gasteiger partial charge >= 0.3 is 0 Å². The van der Waals surface area contributed by atoms with Crippen molar-refractivity contribution in [3.63, 3.8) is 0 Å². The minimum atomic E-state index is -0.535. The largest absolute Gasteiger partial charge is 0.271 e. The predicted molar refractivity (Wildman–Crippen MR) is 43.2 cm³/mol. The molecule has 56 valence electrons. The highest BCUT2D eigenvalue weighted by molar-refractivity contribution is 9.10. The summed E-state index contributed by atoms with van der Waals surface area (Å²) in [6.07, 6.45) is 0.730. The van der Waals surface area contributed by atoms with Crippen molar-refractivity contribution in [3.05, 3.63) is 0 Å². The number of hydrazone groups is 1. The predicted octanol–water partition coefficient (Wildman–Crippen LogP) is 1.04. The van der Waals surface area contributed by atoms with Crippen LogP contribution >= 0.6 is 15.9 Å². The summed E-state index contributed by atoms with van der Waals surface area (Å²) >= 11 is 3.33. The summed E-state index contributed by atoms with van der Waals surface area (Å²) in [6.45, 7) is 3.77. The lowest BCUT2D eigenvalue weighted by Gasteiger charge is -2.15. The minimum Gasteiger partial charge on any atom is -0.271 e. The fourth-order valence-electron chi connectivity index (χ4n) is 0.893. The van der Waals surface area contributed by atoms with Crippen LogP contribution in [-0.4, -0.2) is 15.9 Å². The summed E-state index contributed by atoms with van der Waals surface area (Å²) in [6, 6.07) is 0. The molecule has 0 aromatic heterocycles. The Bertz CT molecular complexity index is 202. The maximum absolute atomic E-state index is 11.1. The number of hydrogen-bond donors (Lipinski definition) is 1. The van der Waals surface area contributed by atoms with Gasteiger partial charge in [0.1, 0.15) is 4.32 Å². The summed E-state index contributed by atoms with van der Waals surface area (Å²) in [5, 5.41) is 3.81. The molecular formula is C6H9BrN2O. The fraction of sp³-hybridized carbons (Fsp3) is 0.667. The van der Waals surface area contributed by atoms with E-state index in [1.54, 1.807) is 0 Å². The van der Waals surface area contributed by atoms with Gasteiger partial charge in [-0.3, -0.25) is 4.79 Å². The molecule has 1 amide bonds. The second kappa shape index (κ2) is 2.34. The zero-order valence-electron chi connectivity index (χ0n) is 5.94. The van der Waals surface area contributed by atoms with Crippen LogP contribution in [0, 0.1) is 0 Å². The van der Waals surface area contributed by atoms with Crippen molar-refractivity contribution >= 4 is 27.5 Å². The number of alkyl halides is 1. The lowest BCUT2D eigenvalue weighted by Crippen LogP contribution is -2.37. The van der Waals surface area contributed by atoms with Gasteiger partial charge in [-0.15, -0.1) is 0 Å². The van der Waals surface area contributed by atoms with E-state index in [4.69, 9.17) is 0 Å². The standard InChI is InChI=1S/C6H9BrN2O/c1-3-6(7)4(2)8-9-5(6)10/h3H2,1-2H3,(H,9,10)/t6-/m0/s1. The average molecular weight is 205 g/mol. The zero-order chi connectivity index (χ0) is 7.78. The van der Waals surface area contributed by atoms with Crippen molar-refractivity contribution in [3.8, 4) is 0 Å². The first kappa shape index (κ1) is 7.72. The molecular weight excluding hydrogens is 196 g/mol. The first-order valence-electron chi connectivity index (χ1n) is 3.15. The molecule has 1 atom stereocenters. The van der Waals surface area contributed by atoms with Gasteiger partial charge in [-0.05, 0) is 13.3 Å². The molecule has 0 radical (unpaired) electrons. The third kappa shape index (κ3) is 0.868. The SMILES string of the molecule is CC[C@@]1(Br)C(=O)NN=C1C. The van der Waals surface area contributed by atoms with Crippen LogP contribution in [0.5, 0.6) is 0 Å². The molecule has 0 saturated carbocycles. The molecule has 1 aliphatic heterocycles. The van der Waals surface area contributed by atoms with E-state index in [0.29, 0.717) is 0 Å². The van der Waals surface area contributed by atoms with Crippen LogP contribution in [0.3, 0.4) is 0 Å². The zero-order valence-corrected chi connectivity index (χ0v) is 7.53.